The molecule has 1 aromatic carbocycles. The first-order chi connectivity index (χ1) is 9.80. The molecule has 0 saturated carbocycles. The van der Waals surface area contributed by atoms with Gasteiger partial charge in [-0.15, -0.1) is 11.3 Å². The van der Waals surface area contributed by atoms with Gasteiger partial charge in [-0.2, -0.15) is 0 Å². The SMILES string of the molecule is CN(Cc1cccc(F)c1)c1nc(C(C)(C)C(=O)O)cs1. The zero-order valence-electron chi connectivity index (χ0n) is 12.1. The first kappa shape index (κ1) is 15.4. The van der Waals surface area contributed by atoms with Gasteiger partial charge in [-0.25, -0.2) is 9.37 Å². The van der Waals surface area contributed by atoms with Crippen molar-refractivity contribution < 1.29 is 14.3 Å². The highest BCUT2D eigenvalue weighted by molar-refractivity contribution is 7.13. The third kappa shape index (κ3) is 3.39. The fraction of sp³-hybridized carbons (Fsp3) is 0.333. The van der Waals surface area contributed by atoms with E-state index >= 15 is 0 Å². The van der Waals surface area contributed by atoms with Crippen molar-refractivity contribution >= 4 is 22.4 Å². The second-order valence-corrected chi connectivity index (χ2v) is 6.27. The summed E-state index contributed by atoms with van der Waals surface area (Å²) in [4.78, 5) is 17.5. The molecule has 21 heavy (non-hydrogen) atoms. The van der Waals surface area contributed by atoms with E-state index in [1.807, 2.05) is 18.0 Å². The number of anilines is 1. The summed E-state index contributed by atoms with van der Waals surface area (Å²) in [6.45, 7) is 3.76. The van der Waals surface area contributed by atoms with Crippen LogP contribution < -0.4 is 4.90 Å². The molecule has 1 N–H and O–H groups in total. The summed E-state index contributed by atoms with van der Waals surface area (Å²) in [6.07, 6.45) is 0. The summed E-state index contributed by atoms with van der Waals surface area (Å²) in [5.41, 5.74) is 0.349. The molecule has 4 nitrogen and oxygen atoms in total. The van der Waals surface area contributed by atoms with Crippen LogP contribution in [0.25, 0.3) is 0 Å². The molecule has 0 radical (unpaired) electrons. The summed E-state index contributed by atoms with van der Waals surface area (Å²) in [5.74, 6) is -1.18. The van der Waals surface area contributed by atoms with Crippen molar-refractivity contribution in [2.45, 2.75) is 25.8 Å². The van der Waals surface area contributed by atoms with Crippen molar-refractivity contribution in [2.75, 3.05) is 11.9 Å². The lowest BCUT2D eigenvalue weighted by molar-refractivity contribution is -0.142. The Morgan fingerprint density at radius 2 is 2.19 bits per heavy atom. The number of carboxylic acids is 1. The summed E-state index contributed by atoms with van der Waals surface area (Å²) >= 11 is 1.38. The first-order valence-corrected chi connectivity index (χ1v) is 7.33. The Hall–Kier alpha value is -1.95. The van der Waals surface area contributed by atoms with Gasteiger partial charge in [-0.1, -0.05) is 12.1 Å². The maximum absolute atomic E-state index is 13.2. The van der Waals surface area contributed by atoms with Crippen LogP contribution >= 0.6 is 11.3 Å². The van der Waals surface area contributed by atoms with Gasteiger partial charge in [0.25, 0.3) is 0 Å². The molecule has 2 aromatic rings. The van der Waals surface area contributed by atoms with E-state index in [9.17, 15) is 14.3 Å². The molecule has 6 heteroatoms. The topological polar surface area (TPSA) is 53.4 Å². The molecule has 0 saturated heterocycles. The van der Waals surface area contributed by atoms with Crippen molar-refractivity contribution in [3.8, 4) is 0 Å². The molecule has 0 aliphatic heterocycles. The van der Waals surface area contributed by atoms with Gasteiger partial charge < -0.3 is 10.0 Å². The van der Waals surface area contributed by atoms with E-state index in [1.54, 1.807) is 25.3 Å². The highest BCUT2D eigenvalue weighted by Crippen LogP contribution is 2.29. The minimum Gasteiger partial charge on any atom is -0.481 e. The molecule has 0 atom stereocenters. The Bertz CT molecular complexity index is 655. The van der Waals surface area contributed by atoms with Crippen LogP contribution in [0.4, 0.5) is 9.52 Å². The third-order valence-electron chi connectivity index (χ3n) is 3.30. The van der Waals surface area contributed by atoms with Crippen LogP contribution in [0.3, 0.4) is 0 Å². The smallest absolute Gasteiger partial charge is 0.315 e. The van der Waals surface area contributed by atoms with Crippen LogP contribution in [0.5, 0.6) is 0 Å². The Morgan fingerprint density at radius 1 is 1.48 bits per heavy atom. The first-order valence-electron chi connectivity index (χ1n) is 6.45. The van der Waals surface area contributed by atoms with E-state index in [0.717, 1.165) is 5.56 Å². The van der Waals surface area contributed by atoms with Gasteiger partial charge in [0, 0.05) is 19.0 Å². The molecule has 0 amide bonds. The zero-order chi connectivity index (χ0) is 15.6. The predicted octanol–water partition coefficient (Wildman–Crippen LogP) is 3.28. The van der Waals surface area contributed by atoms with Gasteiger partial charge in [0.1, 0.15) is 11.2 Å². The van der Waals surface area contributed by atoms with Crippen molar-refractivity contribution in [3.05, 3.63) is 46.7 Å². The van der Waals surface area contributed by atoms with Crippen LogP contribution in [0.15, 0.2) is 29.6 Å². The maximum atomic E-state index is 13.2. The van der Waals surface area contributed by atoms with E-state index in [0.29, 0.717) is 17.4 Å². The lowest BCUT2D eigenvalue weighted by Crippen LogP contribution is -2.29. The fourth-order valence-corrected chi connectivity index (χ4v) is 2.77. The number of aliphatic carboxylic acids is 1. The van der Waals surface area contributed by atoms with Gasteiger partial charge in [-0.3, -0.25) is 4.79 Å². The van der Waals surface area contributed by atoms with Crippen LogP contribution in [0.1, 0.15) is 25.1 Å². The molecule has 0 unspecified atom stereocenters. The van der Waals surface area contributed by atoms with Gasteiger partial charge in [-0.05, 0) is 31.5 Å². The minimum absolute atomic E-state index is 0.271. The van der Waals surface area contributed by atoms with Crippen LogP contribution in [0, 0.1) is 5.82 Å². The number of aromatic nitrogens is 1. The number of nitrogens with zero attached hydrogens (tertiary/aromatic N) is 2. The number of halogens is 1. The average Bonchev–Trinajstić information content (AvgIpc) is 2.88. The summed E-state index contributed by atoms with van der Waals surface area (Å²) in [5, 5.41) is 11.7. The van der Waals surface area contributed by atoms with Crippen molar-refractivity contribution in [3.63, 3.8) is 0 Å². The molecular formula is C15H17FN2O2S. The molecule has 1 heterocycles. The average molecular weight is 308 g/mol. The number of hydrogen-bond acceptors (Lipinski definition) is 4. The van der Waals surface area contributed by atoms with Crippen LogP contribution in [-0.2, 0) is 16.8 Å². The lowest BCUT2D eigenvalue weighted by atomic mass is 9.90. The Labute approximate surface area is 126 Å². The Morgan fingerprint density at radius 3 is 2.81 bits per heavy atom. The van der Waals surface area contributed by atoms with Crippen molar-refractivity contribution in [1.82, 2.24) is 4.98 Å². The summed E-state index contributed by atoms with van der Waals surface area (Å²) in [6, 6.07) is 6.39. The molecule has 0 aliphatic rings. The molecule has 0 aliphatic carbocycles. The monoisotopic (exact) mass is 308 g/mol. The predicted molar refractivity (Wildman–Crippen MR) is 81.3 cm³/mol. The number of benzene rings is 1. The van der Waals surface area contributed by atoms with E-state index in [2.05, 4.69) is 4.98 Å². The standard InChI is InChI=1S/C15H17FN2O2S/c1-15(2,13(19)20)12-9-21-14(17-12)18(3)8-10-5-4-6-11(16)7-10/h4-7,9H,8H2,1-3H3,(H,19,20). The second-order valence-electron chi connectivity index (χ2n) is 5.43. The lowest BCUT2D eigenvalue weighted by Gasteiger charge is -2.18. The zero-order valence-corrected chi connectivity index (χ0v) is 12.9. The van der Waals surface area contributed by atoms with E-state index < -0.39 is 11.4 Å². The quantitative estimate of drug-likeness (QED) is 0.921. The summed E-state index contributed by atoms with van der Waals surface area (Å²) in [7, 11) is 1.85. The van der Waals surface area contributed by atoms with Gasteiger partial charge in [0.15, 0.2) is 5.13 Å². The number of hydrogen-bond donors (Lipinski definition) is 1. The number of thiazole rings is 1. The van der Waals surface area contributed by atoms with E-state index in [4.69, 9.17) is 0 Å². The van der Waals surface area contributed by atoms with Gasteiger partial charge >= 0.3 is 5.97 Å². The molecule has 0 spiro atoms. The van der Waals surface area contributed by atoms with E-state index in [-0.39, 0.29) is 5.82 Å². The number of carboxylic acid groups (broad SMARTS) is 1. The molecule has 0 bridgehead atoms. The largest absolute Gasteiger partial charge is 0.481 e. The molecule has 2 rings (SSSR count). The molecule has 0 fully saturated rings. The Balaban J connectivity index is 2.16. The van der Waals surface area contributed by atoms with Crippen LogP contribution in [0.2, 0.25) is 0 Å². The van der Waals surface area contributed by atoms with E-state index in [1.165, 1.54) is 23.5 Å². The van der Waals surface area contributed by atoms with Gasteiger partial charge in [0.05, 0.1) is 5.69 Å². The van der Waals surface area contributed by atoms with Crippen molar-refractivity contribution in [1.29, 1.82) is 0 Å². The summed E-state index contributed by atoms with van der Waals surface area (Å²) < 4.78 is 13.2. The Kier molecular flexibility index (Phi) is 4.27. The highest BCUT2D eigenvalue weighted by Gasteiger charge is 2.32. The highest BCUT2D eigenvalue weighted by atomic mass is 32.1. The minimum atomic E-state index is -1.02. The second kappa shape index (κ2) is 5.81. The number of carbonyl (C=O) groups is 1. The molecule has 1 aromatic heterocycles. The molecular weight excluding hydrogens is 291 g/mol. The van der Waals surface area contributed by atoms with Crippen molar-refractivity contribution in [2.24, 2.45) is 0 Å². The fourth-order valence-electron chi connectivity index (χ4n) is 1.81. The third-order valence-corrected chi connectivity index (χ3v) is 4.26. The maximum Gasteiger partial charge on any atom is 0.315 e. The normalized spacial score (nSPS) is 11.4. The van der Waals surface area contributed by atoms with Crippen LogP contribution in [-0.4, -0.2) is 23.1 Å². The molecule has 112 valence electrons. The number of rotatable bonds is 5. The van der Waals surface area contributed by atoms with Gasteiger partial charge in [0.2, 0.25) is 0 Å².